The Morgan fingerprint density at radius 3 is 2.20 bits per heavy atom. The van der Waals surface area contributed by atoms with Crippen molar-refractivity contribution in [1.82, 2.24) is 0 Å². The highest BCUT2D eigenvalue weighted by Crippen LogP contribution is 2.32. The molecular weight excluding hydrogens is 198 g/mol. The van der Waals surface area contributed by atoms with Crippen molar-refractivity contribution in [2.75, 3.05) is 19.5 Å². The van der Waals surface area contributed by atoms with Crippen LogP contribution in [0, 0.1) is 0 Å². The van der Waals surface area contributed by atoms with Crippen molar-refractivity contribution >= 4 is 18.4 Å². The Labute approximate surface area is 87.0 Å². The summed E-state index contributed by atoms with van der Waals surface area (Å²) in [6, 6.07) is 3.02. The molecule has 0 saturated carbocycles. The molecule has 1 N–H and O–H groups in total. The zero-order valence-corrected chi connectivity index (χ0v) is 8.44. The van der Waals surface area contributed by atoms with Crippen LogP contribution in [0.4, 0.5) is 5.69 Å². The van der Waals surface area contributed by atoms with Crippen LogP contribution in [0.3, 0.4) is 0 Å². The van der Waals surface area contributed by atoms with Crippen LogP contribution in [0.5, 0.6) is 11.5 Å². The number of hydrogen-bond donors (Lipinski definition) is 1. The van der Waals surface area contributed by atoms with E-state index in [1.54, 1.807) is 0 Å². The van der Waals surface area contributed by atoms with E-state index in [2.05, 4.69) is 5.32 Å². The van der Waals surface area contributed by atoms with Crippen molar-refractivity contribution in [3.63, 3.8) is 0 Å². The molecule has 15 heavy (non-hydrogen) atoms. The topological polar surface area (TPSA) is 64.6 Å². The van der Waals surface area contributed by atoms with E-state index in [0.29, 0.717) is 35.4 Å². The molecule has 0 aliphatic heterocycles. The van der Waals surface area contributed by atoms with E-state index in [0.717, 1.165) is 0 Å². The molecule has 0 unspecified atom stereocenters. The van der Waals surface area contributed by atoms with Gasteiger partial charge in [0.05, 0.1) is 19.9 Å². The average Bonchev–Trinajstić information content (AvgIpc) is 2.28. The Bertz CT molecular complexity index is 376. The summed E-state index contributed by atoms with van der Waals surface area (Å²) in [4.78, 5) is 21.0. The molecule has 0 saturated heterocycles. The maximum atomic E-state index is 10.7. The molecule has 1 amide bonds. The van der Waals surface area contributed by atoms with Gasteiger partial charge in [0.15, 0.2) is 17.8 Å². The fourth-order valence-electron chi connectivity index (χ4n) is 1.18. The summed E-state index contributed by atoms with van der Waals surface area (Å²) >= 11 is 0. The Morgan fingerprint density at radius 2 is 1.73 bits per heavy atom. The first-order valence-corrected chi connectivity index (χ1v) is 4.18. The summed E-state index contributed by atoms with van der Waals surface area (Å²) < 4.78 is 10.0. The first-order valence-electron chi connectivity index (χ1n) is 4.18. The van der Waals surface area contributed by atoms with E-state index in [-0.39, 0.29) is 0 Å². The van der Waals surface area contributed by atoms with Gasteiger partial charge in [0.1, 0.15) is 0 Å². The molecule has 1 rings (SSSR count). The van der Waals surface area contributed by atoms with E-state index in [1.807, 2.05) is 0 Å². The highest BCUT2D eigenvalue weighted by Gasteiger charge is 2.09. The first kappa shape index (κ1) is 11.0. The first-order chi connectivity index (χ1) is 7.26. The number of carbonyl (C=O) groups is 2. The van der Waals surface area contributed by atoms with E-state index < -0.39 is 0 Å². The molecule has 0 aliphatic rings. The van der Waals surface area contributed by atoms with Crippen molar-refractivity contribution in [1.29, 1.82) is 0 Å². The Morgan fingerprint density at radius 1 is 1.13 bits per heavy atom. The van der Waals surface area contributed by atoms with Gasteiger partial charge in [-0.05, 0) is 6.07 Å². The average molecular weight is 209 g/mol. The second-order valence-corrected chi connectivity index (χ2v) is 2.67. The molecule has 0 heterocycles. The number of hydrogen-bond acceptors (Lipinski definition) is 4. The second kappa shape index (κ2) is 4.99. The molecule has 0 fully saturated rings. The number of methoxy groups -OCH3 is 2. The van der Waals surface area contributed by atoms with Gasteiger partial charge in [-0.1, -0.05) is 0 Å². The molecule has 80 valence electrons. The van der Waals surface area contributed by atoms with Gasteiger partial charge in [0.2, 0.25) is 6.41 Å². The SMILES string of the molecule is COc1cc(C=O)c(NC=O)cc1OC. The minimum atomic E-state index is 0.333. The zero-order chi connectivity index (χ0) is 11.3. The smallest absolute Gasteiger partial charge is 0.211 e. The molecule has 5 nitrogen and oxygen atoms in total. The number of aldehydes is 1. The third-order valence-electron chi connectivity index (χ3n) is 1.90. The minimum Gasteiger partial charge on any atom is -0.493 e. The number of rotatable bonds is 5. The van der Waals surface area contributed by atoms with Gasteiger partial charge in [0, 0.05) is 11.6 Å². The quantitative estimate of drug-likeness (QED) is 0.737. The summed E-state index contributed by atoms with van der Waals surface area (Å²) in [5, 5.41) is 2.41. The summed E-state index contributed by atoms with van der Waals surface area (Å²) in [5.74, 6) is 0.892. The van der Waals surface area contributed by atoms with Gasteiger partial charge >= 0.3 is 0 Å². The minimum absolute atomic E-state index is 0.333. The molecule has 0 bridgehead atoms. The molecule has 5 heteroatoms. The lowest BCUT2D eigenvalue weighted by atomic mass is 10.1. The van der Waals surface area contributed by atoms with Crippen LogP contribution in [0.15, 0.2) is 12.1 Å². The van der Waals surface area contributed by atoms with Crippen LogP contribution in [0.2, 0.25) is 0 Å². The Balaban J connectivity index is 3.26. The van der Waals surface area contributed by atoms with Crippen LogP contribution < -0.4 is 14.8 Å². The highest BCUT2D eigenvalue weighted by atomic mass is 16.5. The normalized spacial score (nSPS) is 9.20. The van der Waals surface area contributed by atoms with Gasteiger partial charge in [-0.25, -0.2) is 0 Å². The molecule has 0 radical (unpaired) electrons. The number of nitrogens with one attached hydrogen (secondary N) is 1. The third-order valence-corrected chi connectivity index (χ3v) is 1.90. The van der Waals surface area contributed by atoms with Crippen molar-refractivity contribution in [3.05, 3.63) is 17.7 Å². The largest absolute Gasteiger partial charge is 0.493 e. The van der Waals surface area contributed by atoms with Crippen molar-refractivity contribution in [3.8, 4) is 11.5 Å². The van der Waals surface area contributed by atoms with Crippen LogP contribution in [-0.2, 0) is 4.79 Å². The highest BCUT2D eigenvalue weighted by molar-refractivity contribution is 5.90. The monoisotopic (exact) mass is 209 g/mol. The second-order valence-electron chi connectivity index (χ2n) is 2.67. The van der Waals surface area contributed by atoms with E-state index in [9.17, 15) is 9.59 Å². The molecule has 1 aromatic carbocycles. The fourth-order valence-corrected chi connectivity index (χ4v) is 1.18. The molecule has 0 spiro atoms. The zero-order valence-electron chi connectivity index (χ0n) is 8.44. The summed E-state index contributed by atoms with van der Waals surface area (Å²) in [7, 11) is 2.95. The third kappa shape index (κ3) is 2.25. The van der Waals surface area contributed by atoms with Crippen molar-refractivity contribution in [2.45, 2.75) is 0 Å². The van der Waals surface area contributed by atoms with Crippen LogP contribution in [0.25, 0.3) is 0 Å². The van der Waals surface area contributed by atoms with E-state index >= 15 is 0 Å². The van der Waals surface area contributed by atoms with Crippen molar-refractivity contribution in [2.24, 2.45) is 0 Å². The predicted octanol–water partition coefficient (Wildman–Crippen LogP) is 1.08. The van der Waals surface area contributed by atoms with E-state index in [1.165, 1.54) is 26.4 Å². The number of ether oxygens (including phenoxy) is 2. The lowest BCUT2D eigenvalue weighted by Crippen LogP contribution is -2.00. The summed E-state index contributed by atoms with van der Waals surface area (Å²) in [6.07, 6.45) is 1.13. The lowest BCUT2D eigenvalue weighted by molar-refractivity contribution is -0.105. The maximum absolute atomic E-state index is 10.7. The van der Waals surface area contributed by atoms with Crippen LogP contribution >= 0.6 is 0 Å². The fraction of sp³-hybridized carbons (Fsp3) is 0.200. The van der Waals surface area contributed by atoms with E-state index in [4.69, 9.17) is 9.47 Å². The molecule has 0 aliphatic carbocycles. The number of anilines is 1. The standard InChI is InChI=1S/C10H11NO4/c1-14-9-3-7(5-12)8(11-6-13)4-10(9)15-2/h3-6H,1-2H3,(H,11,13). The maximum Gasteiger partial charge on any atom is 0.211 e. The molecule has 0 atom stereocenters. The Kier molecular flexibility index (Phi) is 3.68. The summed E-state index contributed by atoms with van der Waals surface area (Å²) in [6.45, 7) is 0. The van der Waals surface area contributed by atoms with Gasteiger partial charge in [-0.15, -0.1) is 0 Å². The van der Waals surface area contributed by atoms with Crippen LogP contribution in [-0.4, -0.2) is 26.9 Å². The molecule has 1 aromatic rings. The van der Waals surface area contributed by atoms with Crippen LogP contribution in [0.1, 0.15) is 10.4 Å². The Hall–Kier alpha value is -2.04. The van der Waals surface area contributed by atoms with Crippen molar-refractivity contribution < 1.29 is 19.1 Å². The van der Waals surface area contributed by atoms with Gasteiger partial charge in [-0.3, -0.25) is 9.59 Å². The predicted molar refractivity (Wildman–Crippen MR) is 54.6 cm³/mol. The number of carbonyl (C=O) groups excluding carboxylic acids is 2. The molecule has 0 aromatic heterocycles. The summed E-state index contributed by atoms with van der Waals surface area (Å²) in [5.41, 5.74) is 0.720. The van der Waals surface area contributed by atoms with Gasteiger partial charge in [0.25, 0.3) is 0 Å². The number of benzene rings is 1. The molecular formula is C10H11NO4. The van der Waals surface area contributed by atoms with Gasteiger partial charge < -0.3 is 14.8 Å². The number of amides is 1. The van der Waals surface area contributed by atoms with Gasteiger partial charge in [-0.2, -0.15) is 0 Å². The lowest BCUT2D eigenvalue weighted by Gasteiger charge is -2.10.